The zero-order chi connectivity index (χ0) is 14.4. The van der Waals surface area contributed by atoms with E-state index in [4.69, 9.17) is 4.74 Å². The van der Waals surface area contributed by atoms with Gasteiger partial charge in [-0.05, 0) is 32.4 Å². The average molecular weight is 275 g/mol. The van der Waals surface area contributed by atoms with E-state index < -0.39 is 0 Å². The van der Waals surface area contributed by atoms with Crippen LogP contribution in [0.5, 0.6) is 5.75 Å². The lowest BCUT2D eigenvalue weighted by molar-refractivity contribution is 0.352. The highest BCUT2D eigenvalue weighted by atomic mass is 16.5. The van der Waals surface area contributed by atoms with Gasteiger partial charge >= 0.3 is 0 Å². The van der Waals surface area contributed by atoms with Crippen LogP contribution in [0.3, 0.4) is 0 Å². The van der Waals surface area contributed by atoms with E-state index in [9.17, 15) is 0 Å². The molecule has 2 nitrogen and oxygen atoms in total. The maximum absolute atomic E-state index is 5.56. The summed E-state index contributed by atoms with van der Waals surface area (Å²) in [6, 6.07) is 6.91. The lowest BCUT2D eigenvalue weighted by Gasteiger charge is -2.24. The van der Waals surface area contributed by atoms with Crippen molar-refractivity contribution in [3.05, 3.63) is 29.3 Å². The molecule has 1 aromatic rings. The number of methoxy groups -OCH3 is 1. The molecule has 0 radical (unpaired) electrons. The molecule has 1 atom stereocenters. The molecule has 2 heteroatoms. The normalized spacial score (nSPS) is 18.6. The van der Waals surface area contributed by atoms with Crippen molar-refractivity contribution in [2.24, 2.45) is 5.92 Å². The fraction of sp³-hybridized carbons (Fsp3) is 0.667. The van der Waals surface area contributed by atoms with E-state index in [1.165, 1.54) is 56.1 Å². The van der Waals surface area contributed by atoms with Gasteiger partial charge in [0.15, 0.2) is 0 Å². The molecule has 0 spiro atoms. The maximum atomic E-state index is 5.56. The van der Waals surface area contributed by atoms with Gasteiger partial charge in [-0.25, -0.2) is 0 Å². The molecule has 2 rings (SSSR count). The van der Waals surface area contributed by atoms with Crippen LogP contribution in [0.15, 0.2) is 18.2 Å². The van der Waals surface area contributed by atoms with Crippen LogP contribution in [0.25, 0.3) is 0 Å². The lowest BCUT2D eigenvalue weighted by Crippen LogP contribution is -2.20. The summed E-state index contributed by atoms with van der Waals surface area (Å²) in [6.07, 6.45) is 9.69. The van der Waals surface area contributed by atoms with Crippen molar-refractivity contribution in [1.82, 2.24) is 5.32 Å². The van der Waals surface area contributed by atoms with E-state index in [2.05, 4.69) is 37.5 Å². The third-order valence-corrected chi connectivity index (χ3v) is 4.65. The molecular weight excluding hydrogens is 246 g/mol. The Balaban J connectivity index is 2.12. The molecule has 112 valence electrons. The number of rotatable bonds is 5. The van der Waals surface area contributed by atoms with Gasteiger partial charge in [-0.3, -0.25) is 0 Å². The Hall–Kier alpha value is -1.02. The third-order valence-electron chi connectivity index (χ3n) is 4.65. The van der Waals surface area contributed by atoms with Gasteiger partial charge in [0.05, 0.1) is 7.11 Å². The number of nitrogens with one attached hydrogen (secondary N) is 1. The van der Waals surface area contributed by atoms with Crippen LogP contribution < -0.4 is 10.1 Å². The Morgan fingerprint density at radius 1 is 1.20 bits per heavy atom. The number of benzene rings is 1. The van der Waals surface area contributed by atoms with Gasteiger partial charge in [0.2, 0.25) is 0 Å². The second kappa shape index (κ2) is 7.68. The Bertz CT molecular complexity index is 408. The summed E-state index contributed by atoms with van der Waals surface area (Å²) in [5.74, 6) is 1.88. The second-order valence-electron chi connectivity index (χ2n) is 6.18. The van der Waals surface area contributed by atoms with E-state index in [-0.39, 0.29) is 0 Å². The van der Waals surface area contributed by atoms with E-state index in [0.717, 1.165) is 11.7 Å². The quantitative estimate of drug-likeness (QED) is 0.791. The first kappa shape index (κ1) is 15.4. The topological polar surface area (TPSA) is 21.3 Å². The molecule has 1 aliphatic carbocycles. The Labute approximate surface area is 123 Å². The van der Waals surface area contributed by atoms with Crippen molar-refractivity contribution >= 4 is 0 Å². The van der Waals surface area contributed by atoms with Crippen LogP contribution in [-0.2, 0) is 0 Å². The molecule has 0 aromatic heterocycles. The van der Waals surface area contributed by atoms with Crippen molar-refractivity contribution in [3.8, 4) is 5.75 Å². The number of aryl methyl sites for hydroxylation is 1. The number of ether oxygens (including phenoxy) is 1. The minimum atomic E-state index is 0.410. The molecule has 0 bridgehead atoms. The second-order valence-corrected chi connectivity index (χ2v) is 6.18. The summed E-state index contributed by atoms with van der Waals surface area (Å²) in [5, 5.41) is 3.51. The molecule has 1 saturated carbocycles. The molecule has 0 heterocycles. The van der Waals surface area contributed by atoms with Crippen LogP contribution in [0, 0.1) is 12.8 Å². The SMILES string of the molecule is CNC(CC1CCCCCC1)c1cc(C)ccc1OC. The third kappa shape index (κ3) is 3.99. The highest BCUT2D eigenvalue weighted by Gasteiger charge is 2.20. The lowest BCUT2D eigenvalue weighted by atomic mass is 9.89. The van der Waals surface area contributed by atoms with Gasteiger partial charge in [-0.15, -0.1) is 0 Å². The molecule has 1 N–H and O–H groups in total. The molecule has 1 aromatic carbocycles. The number of hydrogen-bond acceptors (Lipinski definition) is 2. The summed E-state index contributed by atoms with van der Waals surface area (Å²) >= 11 is 0. The van der Waals surface area contributed by atoms with E-state index in [1.54, 1.807) is 7.11 Å². The summed E-state index contributed by atoms with van der Waals surface area (Å²) < 4.78 is 5.56. The predicted octanol–water partition coefficient (Wildman–Crippen LogP) is 4.62. The van der Waals surface area contributed by atoms with Crippen molar-refractivity contribution in [3.63, 3.8) is 0 Å². The van der Waals surface area contributed by atoms with Crippen LogP contribution in [-0.4, -0.2) is 14.2 Å². The Kier molecular flexibility index (Phi) is 5.90. The minimum absolute atomic E-state index is 0.410. The first-order valence-electron chi connectivity index (χ1n) is 8.06. The van der Waals surface area contributed by atoms with Gasteiger partial charge in [0.25, 0.3) is 0 Å². The molecule has 1 unspecified atom stereocenters. The largest absolute Gasteiger partial charge is 0.496 e. The van der Waals surface area contributed by atoms with Crippen molar-refractivity contribution in [1.29, 1.82) is 0 Å². The van der Waals surface area contributed by atoms with Crippen molar-refractivity contribution in [2.45, 2.75) is 57.9 Å². The summed E-state index contributed by atoms with van der Waals surface area (Å²) in [5.41, 5.74) is 2.63. The average Bonchev–Trinajstić information content (AvgIpc) is 2.73. The van der Waals surface area contributed by atoms with Gasteiger partial charge in [-0.1, -0.05) is 56.2 Å². The van der Waals surface area contributed by atoms with Gasteiger partial charge < -0.3 is 10.1 Å². The van der Waals surface area contributed by atoms with Crippen LogP contribution in [0.4, 0.5) is 0 Å². The summed E-state index contributed by atoms with van der Waals surface area (Å²) in [4.78, 5) is 0. The van der Waals surface area contributed by atoms with Crippen molar-refractivity contribution < 1.29 is 4.74 Å². The first-order chi connectivity index (χ1) is 9.74. The van der Waals surface area contributed by atoms with Gasteiger partial charge in [0, 0.05) is 11.6 Å². The van der Waals surface area contributed by atoms with E-state index in [0.29, 0.717) is 6.04 Å². The van der Waals surface area contributed by atoms with Gasteiger partial charge in [-0.2, -0.15) is 0 Å². The molecule has 0 amide bonds. The monoisotopic (exact) mass is 275 g/mol. The molecule has 0 saturated heterocycles. The van der Waals surface area contributed by atoms with Crippen LogP contribution in [0.1, 0.15) is 62.1 Å². The standard InChI is InChI=1S/C18H29NO/c1-14-10-11-18(20-3)16(12-14)17(19-2)13-15-8-6-4-5-7-9-15/h10-12,15,17,19H,4-9,13H2,1-3H3. The molecular formula is C18H29NO. The number of hydrogen-bond donors (Lipinski definition) is 1. The minimum Gasteiger partial charge on any atom is -0.496 e. The van der Waals surface area contributed by atoms with E-state index >= 15 is 0 Å². The molecule has 1 fully saturated rings. The fourth-order valence-electron chi connectivity index (χ4n) is 3.46. The zero-order valence-electron chi connectivity index (χ0n) is 13.2. The van der Waals surface area contributed by atoms with Crippen LogP contribution >= 0.6 is 0 Å². The predicted molar refractivity (Wildman–Crippen MR) is 85.3 cm³/mol. The molecule has 0 aliphatic heterocycles. The maximum Gasteiger partial charge on any atom is 0.123 e. The fourth-order valence-corrected chi connectivity index (χ4v) is 3.46. The highest BCUT2D eigenvalue weighted by Crippen LogP contribution is 2.34. The smallest absolute Gasteiger partial charge is 0.123 e. The first-order valence-corrected chi connectivity index (χ1v) is 8.06. The Morgan fingerprint density at radius 3 is 2.50 bits per heavy atom. The molecule has 1 aliphatic rings. The highest BCUT2D eigenvalue weighted by molar-refractivity contribution is 5.39. The Morgan fingerprint density at radius 2 is 1.90 bits per heavy atom. The molecule has 20 heavy (non-hydrogen) atoms. The van der Waals surface area contributed by atoms with E-state index in [1.807, 2.05) is 0 Å². The van der Waals surface area contributed by atoms with Gasteiger partial charge in [0.1, 0.15) is 5.75 Å². The zero-order valence-corrected chi connectivity index (χ0v) is 13.2. The summed E-state index contributed by atoms with van der Waals surface area (Å²) in [6.45, 7) is 2.15. The van der Waals surface area contributed by atoms with Crippen LogP contribution in [0.2, 0.25) is 0 Å². The van der Waals surface area contributed by atoms with Crippen molar-refractivity contribution in [2.75, 3.05) is 14.2 Å². The summed E-state index contributed by atoms with van der Waals surface area (Å²) in [7, 11) is 3.84.